The molecule has 0 bridgehead atoms. The third-order valence-electron chi connectivity index (χ3n) is 4.23. The molecule has 134 valence electrons. The molecule has 2 aromatic carbocycles. The maximum Gasteiger partial charge on any atom is 0.257 e. The minimum Gasteiger partial charge on any atom is -0.457 e. The van der Waals surface area contributed by atoms with Crippen LogP contribution in [0.1, 0.15) is 28.3 Å². The average molecular weight is 374 g/mol. The third kappa shape index (κ3) is 4.33. The molecule has 5 heteroatoms. The summed E-state index contributed by atoms with van der Waals surface area (Å²) < 4.78 is 6.00. The van der Waals surface area contributed by atoms with Crippen molar-refractivity contribution in [1.29, 1.82) is 0 Å². The Morgan fingerprint density at radius 3 is 2.74 bits per heavy atom. The summed E-state index contributed by atoms with van der Waals surface area (Å²) in [7, 11) is 0. The zero-order valence-electron chi connectivity index (χ0n) is 14.5. The molecular weight excluding hydrogens is 356 g/mol. The van der Waals surface area contributed by atoms with Gasteiger partial charge in [0.05, 0.1) is 0 Å². The Labute approximate surface area is 161 Å². The van der Waals surface area contributed by atoms with Gasteiger partial charge >= 0.3 is 0 Å². The van der Waals surface area contributed by atoms with E-state index in [1.807, 2.05) is 60.0 Å². The van der Waals surface area contributed by atoms with Gasteiger partial charge < -0.3 is 4.74 Å². The first-order valence-corrected chi connectivity index (χ1v) is 9.58. The fourth-order valence-corrected chi connectivity index (χ4v) is 3.46. The molecule has 4 rings (SSSR count). The van der Waals surface area contributed by atoms with E-state index in [0.29, 0.717) is 16.4 Å². The molecule has 0 radical (unpaired) electrons. The molecule has 0 spiro atoms. The standard InChI is InChI=1S/C22H18N2O2S/c25-21(24-22-23-11-12-27-22)18-13-17(16-7-3-1-4-8-16)14-20(15-18)26-19-9-5-2-6-10-19/h1-7,9-16H,8H2,(H,23,24,25). The molecular formula is C22H18N2O2S. The van der Waals surface area contributed by atoms with E-state index >= 15 is 0 Å². The van der Waals surface area contributed by atoms with Gasteiger partial charge in [0.2, 0.25) is 0 Å². The zero-order chi connectivity index (χ0) is 18.5. The monoisotopic (exact) mass is 374 g/mol. The highest BCUT2D eigenvalue weighted by molar-refractivity contribution is 7.13. The average Bonchev–Trinajstić information content (AvgIpc) is 3.22. The highest BCUT2D eigenvalue weighted by Crippen LogP contribution is 2.31. The largest absolute Gasteiger partial charge is 0.457 e. The molecule has 1 atom stereocenters. The van der Waals surface area contributed by atoms with Crippen molar-refractivity contribution in [1.82, 2.24) is 4.98 Å². The Morgan fingerprint density at radius 2 is 2.00 bits per heavy atom. The van der Waals surface area contributed by atoms with Crippen molar-refractivity contribution >= 4 is 22.4 Å². The molecule has 0 aliphatic heterocycles. The van der Waals surface area contributed by atoms with Crippen LogP contribution in [-0.2, 0) is 0 Å². The van der Waals surface area contributed by atoms with Crippen molar-refractivity contribution in [2.45, 2.75) is 12.3 Å². The first-order chi connectivity index (χ1) is 13.3. The van der Waals surface area contributed by atoms with Gasteiger partial charge in [-0.1, -0.05) is 42.5 Å². The van der Waals surface area contributed by atoms with Gasteiger partial charge in [0, 0.05) is 23.1 Å². The first kappa shape index (κ1) is 17.2. The van der Waals surface area contributed by atoms with Crippen LogP contribution in [0, 0.1) is 0 Å². The number of hydrogen-bond donors (Lipinski definition) is 1. The predicted molar refractivity (Wildman–Crippen MR) is 109 cm³/mol. The number of carbonyl (C=O) groups is 1. The molecule has 1 aromatic heterocycles. The molecule has 1 aliphatic rings. The van der Waals surface area contributed by atoms with Crippen LogP contribution < -0.4 is 10.1 Å². The molecule has 27 heavy (non-hydrogen) atoms. The number of thiazole rings is 1. The predicted octanol–water partition coefficient (Wildman–Crippen LogP) is 5.79. The van der Waals surface area contributed by atoms with Crippen LogP contribution in [0.25, 0.3) is 0 Å². The van der Waals surface area contributed by atoms with Crippen LogP contribution in [0.15, 0.2) is 84.4 Å². The van der Waals surface area contributed by atoms with Gasteiger partial charge in [-0.15, -0.1) is 11.3 Å². The zero-order valence-corrected chi connectivity index (χ0v) is 15.4. The van der Waals surface area contributed by atoms with Crippen LogP contribution in [0.2, 0.25) is 0 Å². The number of carbonyl (C=O) groups excluding carboxylic acids is 1. The summed E-state index contributed by atoms with van der Waals surface area (Å²) in [5.41, 5.74) is 1.60. The van der Waals surface area contributed by atoms with Gasteiger partial charge in [0.15, 0.2) is 5.13 Å². The fourth-order valence-electron chi connectivity index (χ4n) is 2.93. The first-order valence-electron chi connectivity index (χ1n) is 8.70. The lowest BCUT2D eigenvalue weighted by atomic mass is 9.91. The van der Waals surface area contributed by atoms with Gasteiger partial charge in [-0.2, -0.15) is 0 Å². The van der Waals surface area contributed by atoms with Crippen LogP contribution in [0.4, 0.5) is 5.13 Å². The second kappa shape index (κ2) is 8.01. The minimum absolute atomic E-state index is 0.194. The van der Waals surface area contributed by atoms with Crippen molar-refractivity contribution in [3.63, 3.8) is 0 Å². The smallest absolute Gasteiger partial charge is 0.257 e. The summed E-state index contributed by atoms with van der Waals surface area (Å²) in [6.07, 6.45) is 10.9. The number of aromatic nitrogens is 1. The number of nitrogens with zero attached hydrogens (tertiary/aromatic N) is 1. The second-order valence-electron chi connectivity index (χ2n) is 6.15. The summed E-state index contributed by atoms with van der Waals surface area (Å²) in [6, 6.07) is 15.3. The molecule has 1 unspecified atom stereocenters. The summed E-state index contributed by atoms with van der Waals surface area (Å²) in [4.78, 5) is 16.8. The van der Waals surface area contributed by atoms with E-state index < -0.39 is 0 Å². The number of para-hydroxylation sites is 1. The Hall–Kier alpha value is -3.18. The van der Waals surface area contributed by atoms with Gasteiger partial charge in [0.1, 0.15) is 11.5 Å². The molecule has 1 amide bonds. The summed E-state index contributed by atoms with van der Waals surface area (Å²) >= 11 is 1.39. The molecule has 0 fully saturated rings. The van der Waals surface area contributed by atoms with Crippen molar-refractivity contribution in [2.24, 2.45) is 0 Å². The second-order valence-corrected chi connectivity index (χ2v) is 7.05. The lowest BCUT2D eigenvalue weighted by Gasteiger charge is -2.17. The highest BCUT2D eigenvalue weighted by Gasteiger charge is 2.16. The summed E-state index contributed by atoms with van der Waals surface area (Å²) in [6.45, 7) is 0. The molecule has 1 aliphatic carbocycles. The Balaban J connectivity index is 1.66. The van der Waals surface area contributed by atoms with Gasteiger partial charge in [-0.05, 0) is 42.3 Å². The summed E-state index contributed by atoms with van der Waals surface area (Å²) in [5, 5.41) is 5.25. The number of amides is 1. The Morgan fingerprint density at radius 1 is 1.11 bits per heavy atom. The van der Waals surface area contributed by atoms with Crippen molar-refractivity contribution < 1.29 is 9.53 Å². The van der Waals surface area contributed by atoms with Crippen molar-refractivity contribution in [3.05, 3.63) is 95.5 Å². The fraction of sp³-hybridized carbons (Fsp3) is 0.0909. The summed E-state index contributed by atoms with van der Waals surface area (Å²) in [5.74, 6) is 1.41. The molecule has 3 aromatic rings. The topological polar surface area (TPSA) is 51.2 Å². The van der Waals surface area contributed by atoms with Crippen LogP contribution >= 0.6 is 11.3 Å². The normalized spacial score (nSPS) is 15.5. The maximum absolute atomic E-state index is 12.7. The highest BCUT2D eigenvalue weighted by atomic mass is 32.1. The molecule has 1 N–H and O–H groups in total. The van der Waals surface area contributed by atoms with E-state index in [1.54, 1.807) is 12.3 Å². The third-order valence-corrected chi connectivity index (χ3v) is 4.92. The molecule has 0 saturated carbocycles. The maximum atomic E-state index is 12.7. The van der Waals surface area contributed by atoms with E-state index in [9.17, 15) is 4.79 Å². The van der Waals surface area contributed by atoms with Crippen LogP contribution in [-0.4, -0.2) is 10.9 Å². The molecule has 4 nitrogen and oxygen atoms in total. The number of hydrogen-bond acceptors (Lipinski definition) is 4. The van der Waals surface area contributed by atoms with E-state index in [2.05, 4.69) is 22.5 Å². The van der Waals surface area contributed by atoms with Crippen molar-refractivity contribution in [3.8, 4) is 11.5 Å². The Bertz CT molecular complexity index is 979. The van der Waals surface area contributed by atoms with E-state index in [0.717, 1.165) is 17.7 Å². The lowest BCUT2D eigenvalue weighted by Crippen LogP contribution is -2.12. The van der Waals surface area contributed by atoms with E-state index in [4.69, 9.17) is 4.74 Å². The van der Waals surface area contributed by atoms with E-state index in [-0.39, 0.29) is 11.8 Å². The van der Waals surface area contributed by atoms with Gasteiger partial charge in [-0.25, -0.2) is 4.98 Å². The van der Waals surface area contributed by atoms with Crippen LogP contribution in [0.5, 0.6) is 11.5 Å². The SMILES string of the molecule is O=C(Nc1nccs1)c1cc(Oc2ccccc2)cc(C2C=CC=CC2)c1. The van der Waals surface area contributed by atoms with Crippen LogP contribution in [0.3, 0.4) is 0 Å². The quantitative estimate of drug-likeness (QED) is 0.615. The van der Waals surface area contributed by atoms with Crippen molar-refractivity contribution in [2.75, 3.05) is 5.32 Å². The number of allylic oxidation sites excluding steroid dienone is 4. The number of benzene rings is 2. The number of ether oxygens (including phenoxy) is 1. The number of anilines is 1. The molecule has 0 saturated heterocycles. The lowest BCUT2D eigenvalue weighted by molar-refractivity contribution is 0.102. The Kier molecular flexibility index (Phi) is 5.12. The van der Waals surface area contributed by atoms with E-state index in [1.165, 1.54) is 11.3 Å². The van der Waals surface area contributed by atoms with Gasteiger partial charge in [-0.3, -0.25) is 10.1 Å². The number of nitrogens with one attached hydrogen (secondary N) is 1. The number of rotatable bonds is 5. The van der Waals surface area contributed by atoms with Gasteiger partial charge in [0.25, 0.3) is 5.91 Å². The molecule has 1 heterocycles. The minimum atomic E-state index is -0.194.